The van der Waals surface area contributed by atoms with Gasteiger partial charge in [0.25, 0.3) is 0 Å². The van der Waals surface area contributed by atoms with Crippen LogP contribution in [0.1, 0.15) is 69.4 Å². The summed E-state index contributed by atoms with van der Waals surface area (Å²) >= 11 is 0. The fourth-order valence-electron chi connectivity index (χ4n) is 6.33. The van der Waals surface area contributed by atoms with E-state index in [1.54, 1.807) is 0 Å². The van der Waals surface area contributed by atoms with E-state index in [4.69, 9.17) is 4.74 Å². The molecule has 6 heteroatoms. The maximum absolute atomic E-state index is 13.5. The molecule has 0 N–H and O–H groups in total. The van der Waals surface area contributed by atoms with E-state index in [0.717, 1.165) is 64.5 Å². The van der Waals surface area contributed by atoms with Crippen LogP contribution in [0.5, 0.6) is 0 Å². The van der Waals surface area contributed by atoms with Gasteiger partial charge >= 0.3 is 0 Å². The molecule has 0 bridgehead atoms. The van der Waals surface area contributed by atoms with E-state index >= 15 is 0 Å². The molecule has 1 aliphatic carbocycles. The molecule has 1 aromatic rings. The van der Waals surface area contributed by atoms with Crippen molar-refractivity contribution in [3.05, 3.63) is 30.1 Å². The highest BCUT2D eigenvalue weighted by atomic mass is 16.5. The van der Waals surface area contributed by atoms with Crippen molar-refractivity contribution in [2.45, 2.75) is 69.9 Å². The number of amides is 2. The van der Waals surface area contributed by atoms with Crippen molar-refractivity contribution >= 4 is 11.8 Å². The van der Waals surface area contributed by atoms with Crippen LogP contribution in [0.25, 0.3) is 0 Å². The lowest BCUT2D eigenvalue weighted by molar-refractivity contribution is -0.187. The molecule has 5 rings (SSSR count). The summed E-state index contributed by atoms with van der Waals surface area (Å²) in [5.74, 6) is 0.773. The molecule has 2 amide bonds. The Labute approximate surface area is 179 Å². The molecule has 0 aromatic carbocycles. The van der Waals surface area contributed by atoms with Gasteiger partial charge < -0.3 is 14.5 Å². The lowest BCUT2D eigenvalue weighted by Gasteiger charge is -2.61. The molecular formula is C24H33N3O3. The van der Waals surface area contributed by atoms with Crippen LogP contribution in [0.3, 0.4) is 0 Å². The number of likely N-dealkylation sites (tertiary alicyclic amines) is 2. The number of β-lactam (4-membered cyclic amide) rings is 1. The van der Waals surface area contributed by atoms with Gasteiger partial charge in [0.05, 0.1) is 11.5 Å². The minimum absolute atomic E-state index is 0.121. The average Bonchev–Trinajstić information content (AvgIpc) is 2.83. The Kier molecular flexibility index (Phi) is 5.52. The summed E-state index contributed by atoms with van der Waals surface area (Å²) < 4.78 is 5.41. The number of carbonyl (C=O) groups excluding carboxylic acids is 2. The predicted molar refractivity (Wildman–Crippen MR) is 112 cm³/mol. The van der Waals surface area contributed by atoms with E-state index in [9.17, 15) is 9.59 Å². The zero-order valence-electron chi connectivity index (χ0n) is 17.8. The highest BCUT2D eigenvalue weighted by Gasteiger charge is 2.62. The fourth-order valence-corrected chi connectivity index (χ4v) is 6.33. The number of aromatic nitrogens is 1. The van der Waals surface area contributed by atoms with Gasteiger partial charge in [-0.1, -0.05) is 19.3 Å². The Bertz CT molecular complexity index is 763. The van der Waals surface area contributed by atoms with E-state index in [-0.39, 0.29) is 23.4 Å². The van der Waals surface area contributed by atoms with Crippen LogP contribution >= 0.6 is 0 Å². The first kappa shape index (κ1) is 20.0. The quantitative estimate of drug-likeness (QED) is 0.716. The van der Waals surface area contributed by atoms with Crippen molar-refractivity contribution in [1.82, 2.24) is 14.8 Å². The average molecular weight is 412 g/mol. The van der Waals surface area contributed by atoms with Crippen molar-refractivity contribution in [3.63, 3.8) is 0 Å². The summed E-state index contributed by atoms with van der Waals surface area (Å²) in [6, 6.07) is 4.59. The number of hydrogen-bond donors (Lipinski definition) is 0. The third-order valence-corrected chi connectivity index (χ3v) is 7.97. The van der Waals surface area contributed by atoms with Gasteiger partial charge in [0.2, 0.25) is 11.8 Å². The number of nitrogens with zero attached hydrogens (tertiary/aromatic N) is 3. The summed E-state index contributed by atoms with van der Waals surface area (Å²) in [6.45, 7) is 2.93. The number of pyridine rings is 1. The number of ether oxygens (including phenoxy) is 1. The van der Waals surface area contributed by atoms with Gasteiger partial charge in [-0.2, -0.15) is 0 Å². The molecule has 4 heterocycles. The number of rotatable bonds is 3. The molecule has 1 saturated carbocycles. The van der Waals surface area contributed by atoms with Crippen molar-refractivity contribution in [1.29, 1.82) is 0 Å². The highest BCUT2D eigenvalue weighted by molar-refractivity contribution is 5.91. The first-order valence-corrected chi connectivity index (χ1v) is 11.8. The maximum Gasteiger partial charge on any atom is 0.232 e. The Balaban J connectivity index is 1.29. The van der Waals surface area contributed by atoms with Crippen molar-refractivity contribution in [3.8, 4) is 0 Å². The fraction of sp³-hybridized carbons (Fsp3) is 0.708. The molecule has 0 radical (unpaired) electrons. The summed E-state index contributed by atoms with van der Waals surface area (Å²) in [6.07, 6.45) is 12.7. The zero-order chi connectivity index (χ0) is 20.6. The monoisotopic (exact) mass is 411 g/mol. The Morgan fingerprint density at radius 3 is 2.33 bits per heavy atom. The first-order valence-electron chi connectivity index (χ1n) is 11.8. The zero-order valence-corrected chi connectivity index (χ0v) is 17.8. The van der Waals surface area contributed by atoms with Gasteiger partial charge in [-0.3, -0.25) is 14.6 Å². The molecule has 4 aliphatic rings. The van der Waals surface area contributed by atoms with Crippen LogP contribution < -0.4 is 0 Å². The van der Waals surface area contributed by atoms with Gasteiger partial charge in [-0.15, -0.1) is 0 Å². The molecule has 1 spiro atoms. The second kappa shape index (κ2) is 8.29. The third kappa shape index (κ3) is 3.33. The number of piperidine rings is 1. The van der Waals surface area contributed by atoms with Crippen LogP contribution in [0.15, 0.2) is 24.5 Å². The van der Waals surface area contributed by atoms with Crippen LogP contribution in [0, 0.1) is 11.3 Å². The molecule has 1 atom stereocenters. The molecule has 30 heavy (non-hydrogen) atoms. The predicted octanol–water partition coefficient (Wildman–Crippen LogP) is 3.33. The van der Waals surface area contributed by atoms with Crippen LogP contribution in [-0.2, 0) is 14.3 Å². The van der Waals surface area contributed by atoms with Gasteiger partial charge in [-0.25, -0.2) is 0 Å². The Morgan fingerprint density at radius 1 is 1.00 bits per heavy atom. The van der Waals surface area contributed by atoms with E-state index in [1.807, 2.05) is 17.3 Å². The van der Waals surface area contributed by atoms with Crippen molar-refractivity contribution in [2.24, 2.45) is 11.3 Å². The Hall–Kier alpha value is -1.95. The van der Waals surface area contributed by atoms with E-state index in [2.05, 4.69) is 22.0 Å². The van der Waals surface area contributed by atoms with Gasteiger partial charge in [-0.05, 0) is 56.2 Å². The standard InChI is InChI=1S/C24H33N3O3/c28-22(19-8-16-30-17-9-19)26-14-6-20(7-15-26)27-21(18-4-12-25-13-5-18)24(23(27)29)10-2-1-3-11-24/h4-5,12-13,19-21H,1-3,6-11,14-17H2. The normalized spacial score (nSPS) is 27.9. The number of hydrogen-bond acceptors (Lipinski definition) is 4. The molecule has 4 fully saturated rings. The van der Waals surface area contributed by atoms with E-state index in [0.29, 0.717) is 25.0 Å². The lowest BCUT2D eigenvalue weighted by Crippen LogP contribution is -2.68. The lowest BCUT2D eigenvalue weighted by atomic mass is 9.59. The van der Waals surface area contributed by atoms with Crippen molar-refractivity contribution in [2.75, 3.05) is 26.3 Å². The molecule has 1 unspecified atom stereocenters. The first-order chi connectivity index (χ1) is 14.7. The summed E-state index contributed by atoms with van der Waals surface area (Å²) in [7, 11) is 0. The van der Waals surface area contributed by atoms with Gasteiger partial charge in [0.15, 0.2) is 0 Å². The second-order valence-corrected chi connectivity index (χ2v) is 9.56. The topological polar surface area (TPSA) is 62.7 Å². The van der Waals surface area contributed by atoms with Gasteiger partial charge in [0.1, 0.15) is 0 Å². The molecular weight excluding hydrogens is 378 g/mol. The highest BCUT2D eigenvalue weighted by Crippen LogP contribution is 2.59. The number of carbonyl (C=O) groups is 2. The summed E-state index contributed by atoms with van der Waals surface area (Å²) in [5.41, 5.74) is 1.03. The van der Waals surface area contributed by atoms with Crippen LogP contribution in [-0.4, -0.2) is 58.9 Å². The molecule has 6 nitrogen and oxygen atoms in total. The third-order valence-electron chi connectivity index (χ3n) is 7.97. The van der Waals surface area contributed by atoms with E-state index in [1.165, 1.54) is 12.0 Å². The largest absolute Gasteiger partial charge is 0.381 e. The minimum atomic E-state index is -0.200. The second-order valence-electron chi connectivity index (χ2n) is 9.56. The SMILES string of the molecule is O=C(C1CCOCC1)N1CCC(N2C(=O)C3(CCCCC3)C2c2ccncc2)CC1. The van der Waals surface area contributed by atoms with Crippen LogP contribution in [0.2, 0.25) is 0 Å². The van der Waals surface area contributed by atoms with Crippen LogP contribution in [0.4, 0.5) is 0 Å². The molecule has 3 saturated heterocycles. The molecule has 3 aliphatic heterocycles. The molecule has 1 aromatic heterocycles. The maximum atomic E-state index is 13.5. The minimum Gasteiger partial charge on any atom is -0.381 e. The van der Waals surface area contributed by atoms with Gasteiger partial charge in [0, 0.05) is 50.7 Å². The summed E-state index contributed by atoms with van der Waals surface area (Å²) in [5, 5.41) is 0. The van der Waals surface area contributed by atoms with E-state index < -0.39 is 0 Å². The summed E-state index contributed by atoms with van der Waals surface area (Å²) in [4.78, 5) is 34.8. The van der Waals surface area contributed by atoms with Crippen molar-refractivity contribution < 1.29 is 14.3 Å². The smallest absolute Gasteiger partial charge is 0.232 e. The molecule has 162 valence electrons. The Morgan fingerprint density at radius 2 is 1.67 bits per heavy atom.